The van der Waals surface area contributed by atoms with Gasteiger partial charge < -0.3 is 19.2 Å². The molecule has 1 aromatic carbocycles. The van der Waals surface area contributed by atoms with Gasteiger partial charge in [0.2, 0.25) is 0 Å². The molecule has 0 saturated carbocycles. The molecule has 1 fully saturated rings. The predicted molar refractivity (Wildman–Crippen MR) is 102 cm³/mol. The maximum Gasteiger partial charge on any atom is 0.123 e. The number of hydrogen-bond acceptors (Lipinski definition) is 4. The molecule has 3 aromatic rings. The standard InChI is InChI=1S/C20H27N5O/c1-3-9-25-17-7-5-4-6-16(17)23-20(25)13-22-15-8-10-26-19(11-15)18-12-21-14-24(18)2/h4-7,12,14-15,19,22H,3,8-11,13H2,1-2H3. The van der Waals surface area contributed by atoms with E-state index in [9.17, 15) is 0 Å². The Morgan fingerprint density at radius 3 is 3.00 bits per heavy atom. The minimum atomic E-state index is 0.114. The van der Waals surface area contributed by atoms with Gasteiger partial charge in [0.05, 0.1) is 35.8 Å². The summed E-state index contributed by atoms with van der Waals surface area (Å²) in [4.78, 5) is 9.07. The number of nitrogens with zero attached hydrogens (tertiary/aromatic N) is 4. The van der Waals surface area contributed by atoms with Crippen LogP contribution in [0.4, 0.5) is 0 Å². The van der Waals surface area contributed by atoms with Crippen LogP contribution in [0.15, 0.2) is 36.8 Å². The average Bonchev–Trinajstić information content (AvgIpc) is 3.24. The number of para-hydroxylation sites is 2. The fourth-order valence-electron chi connectivity index (χ4n) is 3.84. The Kier molecular flexibility index (Phi) is 5.04. The largest absolute Gasteiger partial charge is 0.372 e. The summed E-state index contributed by atoms with van der Waals surface area (Å²) in [6.45, 7) is 4.78. The Morgan fingerprint density at radius 1 is 1.31 bits per heavy atom. The van der Waals surface area contributed by atoms with E-state index in [1.54, 1.807) is 0 Å². The Labute approximate surface area is 154 Å². The van der Waals surface area contributed by atoms with Crippen molar-refractivity contribution in [1.82, 2.24) is 24.4 Å². The van der Waals surface area contributed by atoms with Crippen molar-refractivity contribution in [3.63, 3.8) is 0 Å². The highest BCUT2D eigenvalue weighted by Crippen LogP contribution is 2.28. The van der Waals surface area contributed by atoms with Crippen molar-refractivity contribution in [1.29, 1.82) is 0 Å². The van der Waals surface area contributed by atoms with E-state index in [1.165, 1.54) is 5.52 Å². The summed E-state index contributed by atoms with van der Waals surface area (Å²) in [6.07, 6.45) is 6.96. The third-order valence-corrected chi connectivity index (χ3v) is 5.20. The molecule has 2 aromatic heterocycles. The summed E-state index contributed by atoms with van der Waals surface area (Å²) >= 11 is 0. The van der Waals surface area contributed by atoms with Crippen molar-refractivity contribution < 1.29 is 4.74 Å². The van der Waals surface area contributed by atoms with Crippen LogP contribution in [0.1, 0.15) is 43.8 Å². The van der Waals surface area contributed by atoms with Gasteiger partial charge in [-0.25, -0.2) is 9.97 Å². The van der Waals surface area contributed by atoms with Crippen LogP contribution in [0, 0.1) is 0 Å². The Balaban J connectivity index is 1.46. The third kappa shape index (κ3) is 3.39. The molecule has 138 valence electrons. The van der Waals surface area contributed by atoms with Gasteiger partial charge in [-0.15, -0.1) is 0 Å². The van der Waals surface area contributed by atoms with Crippen LogP contribution in [0.25, 0.3) is 11.0 Å². The summed E-state index contributed by atoms with van der Waals surface area (Å²) in [7, 11) is 2.02. The zero-order valence-corrected chi connectivity index (χ0v) is 15.6. The van der Waals surface area contributed by atoms with Gasteiger partial charge in [-0.1, -0.05) is 19.1 Å². The molecule has 1 aliphatic heterocycles. The number of nitrogens with one attached hydrogen (secondary N) is 1. The smallest absolute Gasteiger partial charge is 0.123 e. The number of ether oxygens (including phenoxy) is 1. The summed E-state index contributed by atoms with van der Waals surface area (Å²) in [5.74, 6) is 1.12. The normalized spacial score (nSPS) is 20.7. The molecule has 6 heteroatoms. The zero-order valence-electron chi connectivity index (χ0n) is 15.6. The number of imidazole rings is 2. The summed E-state index contributed by atoms with van der Waals surface area (Å²) in [6, 6.07) is 8.83. The number of rotatable bonds is 6. The van der Waals surface area contributed by atoms with E-state index in [0.717, 1.165) is 56.0 Å². The van der Waals surface area contributed by atoms with Crippen molar-refractivity contribution in [2.75, 3.05) is 6.61 Å². The molecule has 4 rings (SSSR count). The van der Waals surface area contributed by atoms with E-state index in [0.29, 0.717) is 6.04 Å². The fraction of sp³-hybridized carbons (Fsp3) is 0.500. The second kappa shape index (κ2) is 7.60. The van der Waals surface area contributed by atoms with Gasteiger partial charge in [-0.3, -0.25) is 0 Å². The van der Waals surface area contributed by atoms with E-state index in [-0.39, 0.29) is 6.10 Å². The highest BCUT2D eigenvalue weighted by molar-refractivity contribution is 5.75. The number of aryl methyl sites for hydroxylation is 2. The first-order valence-electron chi connectivity index (χ1n) is 9.51. The molecule has 3 heterocycles. The van der Waals surface area contributed by atoms with Crippen molar-refractivity contribution in [3.8, 4) is 0 Å². The van der Waals surface area contributed by atoms with Gasteiger partial charge in [0.25, 0.3) is 0 Å². The van der Waals surface area contributed by atoms with Crippen LogP contribution in [-0.4, -0.2) is 31.8 Å². The molecular weight excluding hydrogens is 326 g/mol. The Hall–Kier alpha value is -2.18. The van der Waals surface area contributed by atoms with Crippen molar-refractivity contribution >= 4 is 11.0 Å². The number of fused-ring (bicyclic) bond motifs is 1. The van der Waals surface area contributed by atoms with Crippen LogP contribution in [0.3, 0.4) is 0 Å². The van der Waals surface area contributed by atoms with E-state index < -0.39 is 0 Å². The maximum atomic E-state index is 5.97. The molecule has 0 bridgehead atoms. The molecule has 0 spiro atoms. The van der Waals surface area contributed by atoms with E-state index in [4.69, 9.17) is 9.72 Å². The first-order chi connectivity index (χ1) is 12.8. The number of hydrogen-bond donors (Lipinski definition) is 1. The lowest BCUT2D eigenvalue weighted by Gasteiger charge is -2.30. The lowest BCUT2D eigenvalue weighted by Crippen LogP contribution is -2.36. The molecule has 2 unspecified atom stereocenters. The monoisotopic (exact) mass is 353 g/mol. The zero-order chi connectivity index (χ0) is 17.9. The minimum Gasteiger partial charge on any atom is -0.372 e. The number of benzene rings is 1. The van der Waals surface area contributed by atoms with Crippen LogP contribution in [0.2, 0.25) is 0 Å². The molecule has 0 radical (unpaired) electrons. The fourth-order valence-corrected chi connectivity index (χ4v) is 3.84. The second-order valence-electron chi connectivity index (χ2n) is 7.06. The second-order valence-corrected chi connectivity index (χ2v) is 7.06. The lowest BCUT2D eigenvalue weighted by atomic mass is 10.0. The van der Waals surface area contributed by atoms with Gasteiger partial charge in [-0.05, 0) is 31.4 Å². The Bertz CT molecular complexity index is 868. The van der Waals surface area contributed by atoms with Gasteiger partial charge in [0.15, 0.2) is 0 Å². The molecule has 1 saturated heterocycles. The first kappa shape index (κ1) is 17.2. The highest BCUT2D eigenvalue weighted by atomic mass is 16.5. The Morgan fingerprint density at radius 2 is 2.19 bits per heavy atom. The third-order valence-electron chi connectivity index (χ3n) is 5.20. The topological polar surface area (TPSA) is 56.9 Å². The van der Waals surface area contributed by atoms with Crippen LogP contribution < -0.4 is 5.32 Å². The summed E-state index contributed by atoms with van der Waals surface area (Å²) in [5, 5.41) is 3.72. The molecule has 1 aliphatic rings. The summed E-state index contributed by atoms with van der Waals surface area (Å²) < 4.78 is 10.4. The van der Waals surface area contributed by atoms with Gasteiger partial charge in [0, 0.05) is 26.2 Å². The molecule has 1 N–H and O–H groups in total. The van der Waals surface area contributed by atoms with Crippen molar-refractivity contribution in [3.05, 3.63) is 48.3 Å². The highest BCUT2D eigenvalue weighted by Gasteiger charge is 2.26. The molecular formula is C20H27N5O. The van der Waals surface area contributed by atoms with E-state index in [2.05, 4.69) is 46.1 Å². The minimum absolute atomic E-state index is 0.114. The lowest BCUT2D eigenvalue weighted by molar-refractivity contribution is -0.00418. The number of aromatic nitrogens is 4. The van der Waals surface area contributed by atoms with E-state index in [1.807, 2.05) is 24.1 Å². The average molecular weight is 353 g/mol. The maximum absolute atomic E-state index is 5.97. The molecule has 2 atom stereocenters. The van der Waals surface area contributed by atoms with Gasteiger partial charge in [0.1, 0.15) is 11.9 Å². The SMILES string of the molecule is CCCn1c(CNC2CCOC(c3cncn3C)C2)nc2ccccc21. The molecule has 26 heavy (non-hydrogen) atoms. The van der Waals surface area contributed by atoms with Gasteiger partial charge in [-0.2, -0.15) is 0 Å². The summed E-state index contributed by atoms with van der Waals surface area (Å²) in [5.41, 5.74) is 3.46. The van der Waals surface area contributed by atoms with Crippen molar-refractivity contribution in [2.45, 2.75) is 51.4 Å². The molecule has 6 nitrogen and oxygen atoms in total. The van der Waals surface area contributed by atoms with Gasteiger partial charge >= 0.3 is 0 Å². The molecule has 0 aliphatic carbocycles. The predicted octanol–water partition coefficient (Wildman–Crippen LogP) is 3.19. The van der Waals surface area contributed by atoms with Crippen molar-refractivity contribution in [2.24, 2.45) is 7.05 Å². The van der Waals surface area contributed by atoms with Crippen LogP contribution in [-0.2, 0) is 24.9 Å². The molecule has 0 amide bonds. The first-order valence-corrected chi connectivity index (χ1v) is 9.51. The van der Waals surface area contributed by atoms with Crippen LogP contribution in [0.5, 0.6) is 0 Å². The van der Waals surface area contributed by atoms with E-state index >= 15 is 0 Å². The van der Waals surface area contributed by atoms with Crippen LogP contribution >= 0.6 is 0 Å². The quantitative estimate of drug-likeness (QED) is 0.739.